The van der Waals surface area contributed by atoms with Crippen LogP contribution in [0, 0.1) is 0 Å². The van der Waals surface area contributed by atoms with Crippen LogP contribution in [0.3, 0.4) is 0 Å². The first-order chi connectivity index (χ1) is 6.59. The van der Waals surface area contributed by atoms with E-state index in [9.17, 15) is 9.90 Å². The number of hydrogen-bond donors (Lipinski definition) is 3. The van der Waals surface area contributed by atoms with Gasteiger partial charge in [-0.3, -0.25) is 9.78 Å². The molecule has 0 aliphatic carbocycles. The van der Waals surface area contributed by atoms with E-state index >= 15 is 0 Å². The van der Waals surface area contributed by atoms with Crippen molar-refractivity contribution in [3.8, 4) is 5.75 Å². The molecule has 5 nitrogen and oxygen atoms in total. The lowest BCUT2D eigenvalue weighted by Gasteiger charge is -2.07. The van der Waals surface area contributed by atoms with Crippen molar-refractivity contribution < 1.29 is 9.90 Å². The number of carbonyl (C=O) groups excluding carboxylic acids is 1. The molecule has 0 aliphatic heterocycles. The number of amides is 1. The maximum atomic E-state index is 11.3. The Bertz CT molecular complexity index is 326. The van der Waals surface area contributed by atoms with E-state index < -0.39 is 0 Å². The first-order valence-corrected chi connectivity index (χ1v) is 4.28. The lowest BCUT2D eigenvalue weighted by Crippen LogP contribution is -2.23. The molecule has 0 aliphatic rings. The average Bonchev–Trinajstić information content (AvgIpc) is 2.07. The minimum Gasteiger partial charge on any atom is -0.504 e. The van der Waals surface area contributed by atoms with Crippen LogP contribution in [0.2, 0.25) is 0 Å². The average molecular weight is 195 g/mol. The second kappa shape index (κ2) is 4.57. The van der Waals surface area contributed by atoms with Crippen LogP contribution in [0.25, 0.3) is 0 Å². The van der Waals surface area contributed by atoms with Crippen LogP contribution in [0.4, 0.5) is 5.69 Å². The number of rotatable bonds is 3. The molecule has 1 rings (SSSR count). The Morgan fingerprint density at radius 2 is 2.50 bits per heavy atom. The van der Waals surface area contributed by atoms with Crippen molar-refractivity contribution >= 4 is 11.6 Å². The van der Waals surface area contributed by atoms with Gasteiger partial charge in [-0.2, -0.15) is 0 Å². The zero-order valence-corrected chi connectivity index (χ0v) is 7.90. The molecule has 0 fully saturated rings. The largest absolute Gasteiger partial charge is 0.504 e. The van der Waals surface area contributed by atoms with Crippen LogP contribution in [0.5, 0.6) is 5.75 Å². The first-order valence-electron chi connectivity index (χ1n) is 4.28. The number of hydrogen-bond acceptors (Lipinski definition) is 4. The van der Waals surface area contributed by atoms with Crippen LogP contribution in [0.1, 0.15) is 13.3 Å². The molecule has 4 N–H and O–H groups in total. The number of carbonyl (C=O) groups is 1. The van der Waals surface area contributed by atoms with E-state index in [4.69, 9.17) is 5.73 Å². The van der Waals surface area contributed by atoms with Crippen LogP contribution < -0.4 is 11.1 Å². The van der Waals surface area contributed by atoms with Gasteiger partial charge in [0.05, 0.1) is 11.9 Å². The molecule has 76 valence electrons. The SMILES string of the molecule is CC(N)CC(=O)Nc1ccncc1O. The Morgan fingerprint density at radius 3 is 3.07 bits per heavy atom. The van der Waals surface area contributed by atoms with E-state index in [0.29, 0.717) is 5.69 Å². The highest BCUT2D eigenvalue weighted by Gasteiger charge is 2.07. The highest BCUT2D eigenvalue weighted by molar-refractivity contribution is 5.92. The van der Waals surface area contributed by atoms with Crippen molar-refractivity contribution in [1.29, 1.82) is 0 Å². The molecule has 1 aromatic rings. The van der Waals surface area contributed by atoms with E-state index in [2.05, 4.69) is 10.3 Å². The first kappa shape index (κ1) is 10.5. The number of nitrogens with two attached hydrogens (primary N) is 1. The number of nitrogens with one attached hydrogen (secondary N) is 1. The standard InChI is InChI=1S/C9H13N3O2/c1-6(10)4-9(14)12-7-2-3-11-5-8(7)13/h2-3,5-6,13H,4,10H2,1H3,(H,11,12,14). The quantitative estimate of drug-likeness (QED) is 0.653. The molecule has 0 bridgehead atoms. The van der Waals surface area contributed by atoms with Gasteiger partial charge in [-0.15, -0.1) is 0 Å². The molecule has 1 unspecified atom stereocenters. The predicted octanol–water partition coefficient (Wildman–Crippen LogP) is 0.463. The summed E-state index contributed by atoms with van der Waals surface area (Å²) in [5.74, 6) is -0.271. The molecule has 0 aromatic carbocycles. The van der Waals surface area contributed by atoms with Crippen LogP contribution in [-0.4, -0.2) is 22.0 Å². The van der Waals surface area contributed by atoms with E-state index in [1.165, 1.54) is 18.5 Å². The summed E-state index contributed by atoms with van der Waals surface area (Å²) in [6, 6.07) is 1.33. The van der Waals surface area contributed by atoms with Gasteiger partial charge in [-0.05, 0) is 13.0 Å². The molecule has 1 atom stereocenters. The topological polar surface area (TPSA) is 88.2 Å². The van der Waals surface area contributed by atoms with Crippen molar-refractivity contribution in [2.24, 2.45) is 5.73 Å². The molecular formula is C9H13N3O2. The molecule has 0 saturated heterocycles. The summed E-state index contributed by atoms with van der Waals surface area (Å²) in [5, 5.41) is 11.8. The summed E-state index contributed by atoms with van der Waals surface area (Å²) >= 11 is 0. The molecule has 1 heterocycles. The zero-order chi connectivity index (χ0) is 10.6. The number of anilines is 1. The summed E-state index contributed by atoms with van der Waals surface area (Å²) in [6.45, 7) is 1.74. The maximum absolute atomic E-state index is 11.3. The third kappa shape index (κ3) is 3.02. The van der Waals surface area contributed by atoms with Crippen molar-refractivity contribution in [1.82, 2.24) is 4.98 Å². The van der Waals surface area contributed by atoms with Crippen molar-refractivity contribution in [3.63, 3.8) is 0 Å². The number of aromatic hydroxyl groups is 1. The van der Waals surface area contributed by atoms with Gasteiger partial charge >= 0.3 is 0 Å². The second-order valence-corrected chi connectivity index (χ2v) is 3.12. The third-order valence-electron chi connectivity index (χ3n) is 1.58. The Balaban J connectivity index is 2.61. The molecule has 1 amide bonds. The Morgan fingerprint density at radius 1 is 1.79 bits per heavy atom. The fraction of sp³-hybridized carbons (Fsp3) is 0.333. The van der Waals surface area contributed by atoms with Gasteiger partial charge in [0.2, 0.25) is 5.91 Å². The van der Waals surface area contributed by atoms with E-state index in [1.54, 1.807) is 6.92 Å². The van der Waals surface area contributed by atoms with Crippen molar-refractivity contribution in [3.05, 3.63) is 18.5 Å². The van der Waals surface area contributed by atoms with Gasteiger partial charge in [0, 0.05) is 18.7 Å². The van der Waals surface area contributed by atoms with Crippen LogP contribution in [0.15, 0.2) is 18.5 Å². The normalized spacial score (nSPS) is 12.1. The minimum atomic E-state index is -0.221. The Labute approximate surface area is 82.0 Å². The molecule has 0 spiro atoms. The van der Waals surface area contributed by atoms with Gasteiger partial charge in [-0.25, -0.2) is 0 Å². The van der Waals surface area contributed by atoms with Gasteiger partial charge in [-0.1, -0.05) is 0 Å². The van der Waals surface area contributed by atoms with E-state index in [-0.39, 0.29) is 24.1 Å². The van der Waals surface area contributed by atoms with Gasteiger partial charge in [0.25, 0.3) is 0 Å². The highest BCUT2D eigenvalue weighted by Crippen LogP contribution is 2.19. The summed E-state index contributed by atoms with van der Waals surface area (Å²) in [6.07, 6.45) is 2.98. The lowest BCUT2D eigenvalue weighted by atomic mass is 10.2. The summed E-state index contributed by atoms with van der Waals surface area (Å²) in [7, 11) is 0. The number of aromatic nitrogens is 1. The van der Waals surface area contributed by atoms with Gasteiger partial charge in [0.1, 0.15) is 0 Å². The van der Waals surface area contributed by atoms with Gasteiger partial charge < -0.3 is 16.2 Å². The Kier molecular flexibility index (Phi) is 3.41. The fourth-order valence-electron chi connectivity index (χ4n) is 0.985. The maximum Gasteiger partial charge on any atom is 0.226 e. The zero-order valence-electron chi connectivity index (χ0n) is 7.90. The number of pyridine rings is 1. The second-order valence-electron chi connectivity index (χ2n) is 3.12. The molecule has 0 radical (unpaired) electrons. The molecule has 5 heteroatoms. The summed E-state index contributed by atoms with van der Waals surface area (Å²) in [4.78, 5) is 14.9. The van der Waals surface area contributed by atoms with Crippen LogP contribution >= 0.6 is 0 Å². The summed E-state index contributed by atoms with van der Waals surface area (Å²) in [5.41, 5.74) is 5.80. The third-order valence-corrected chi connectivity index (χ3v) is 1.58. The van der Waals surface area contributed by atoms with Crippen molar-refractivity contribution in [2.45, 2.75) is 19.4 Å². The molecule has 14 heavy (non-hydrogen) atoms. The van der Waals surface area contributed by atoms with Gasteiger partial charge in [0.15, 0.2) is 5.75 Å². The van der Waals surface area contributed by atoms with Crippen LogP contribution in [-0.2, 0) is 4.79 Å². The van der Waals surface area contributed by atoms with Crippen molar-refractivity contribution in [2.75, 3.05) is 5.32 Å². The fourth-order valence-corrected chi connectivity index (χ4v) is 0.985. The van der Waals surface area contributed by atoms with E-state index in [1.807, 2.05) is 0 Å². The minimum absolute atomic E-state index is 0.0504. The number of nitrogens with zero attached hydrogens (tertiary/aromatic N) is 1. The highest BCUT2D eigenvalue weighted by atomic mass is 16.3. The summed E-state index contributed by atoms with van der Waals surface area (Å²) < 4.78 is 0. The molecular weight excluding hydrogens is 182 g/mol. The smallest absolute Gasteiger partial charge is 0.226 e. The van der Waals surface area contributed by atoms with E-state index in [0.717, 1.165) is 0 Å². The Hall–Kier alpha value is -1.62. The predicted molar refractivity (Wildman–Crippen MR) is 52.8 cm³/mol. The molecule has 0 saturated carbocycles. The molecule has 1 aromatic heterocycles. The lowest BCUT2D eigenvalue weighted by molar-refractivity contribution is -0.116. The monoisotopic (exact) mass is 195 g/mol.